The van der Waals surface area contributed by atoms with Gasteiger partial charge in [0.05, 0.1) is 12.2 Å². The van der Waals surface area contributed by atoms with Crippen molar-refractivity contribution in [2.45, 2.75) is 57.5 Å². The molecule has 2 fully saturated rings. The standard InChI is InChI=1S/C16H22N2O3/c1-11(2)16-7-6-15(3,21-16)14(13(16)18-19)20-10-12-4-8-17-9-5-12/h4-5,8-9,11,14,19H,6-7,10H2,1-3H3/b18-13+/t14-,15+,16+/m1/s1. The molecule has 21 heavy (non-hydrogen) atoms. The molecule has 1 aromatic rings. The number of aromatic nitrogens is 1. The van der Waals surface area contributed by atoms with Gasteiger partial charge in [-0.05, 0) is 43.4 Å². The van der Waals surface area contributed by atoms with Crippen LogP contribution in [-0.4, -0.2) is 33.2 Å². The summed E-state index contributed by atoms with van der Waals surface area (Å²) in [7, 11) is 0. The number of ether oxygens (including phenoxy) is 2. The predicted molar refractivity (Wildman–Crippen MR) is 78.3 cm³/mol. The molecule has 1 N–H and O–H groups in total. The summed E-state index contributed by atoms with van der Waals surface area (Å²) in [6.45, 7) is 6.70. The van der Waals surface area contributed by atoms with E-state index in [-0.39, 0.29) is 12.0 Å². The molecule has 0 aromatic carbocycles. The Morgan fingerprint density at radius 1 is 1.43 bits per heavy atom. The Morgan fingerprint density at radius 3 is 2.76 bits per heavy atom. The maximum Gasteiger partial charge on any atom is 0.131 e. The fourth-order valence-electron chi connectivity index (χ4n) is 3.58. The maximum absolute atomic E-state index is 9.50. The van der Waals surface area contributed by atoms with Gasteiger partial charge in [-0.15, -0.1) is 0 Å². The van der Waals surface area contributed by atoms with Gasteiger partial charge < -0.3 is 14.7 Å². The van der Waals surface area contributed by atoms with Crippen molar-refractivity contribution in [1.82, 2.24) is 4.98 Å². The highest BCUT2D eigenvalue weighted by Gasteiger charge is 2.65. The van der Waals surface area contributed by atoms with Gasteiger partial charge in [0.25, 0.3) is 0 Å². The van der Waals surface area contributed by atoms with Crippen molar-refractivity contribution in [3.63, 3.8) is 0 Å². The molecule has 5 heteroatoms. The smallest absolute Gasteiger partial charge is 0.131 e. The van der Waals surface area contributed by atoms with E-state index in [9.17, 15) is 5.21 Å². The van der Waals surface area contributed by atoms with E-state index in [1.54, 1.807) is 12.4 Å². The van der Waals surface area contributed by atoms with E-state index < -0.39 is 11.2 Å². The molecule has 114 valence electrons. The lowest BCUT2D eigenvalue weighted by atomic mass is 9.74. The van der Waals surface area contributed by atoms with Gasteiger partial charge in [0, 0.05) is 12.4 Å². The van der Waals surface area contributed by atoms with E-state index in [4.69, 9.17) is 9.47 Å². The molecule has 5 nitrogen and oxygen atoms in total. The van der Waals surface area contributed by atoms with Crippen LogP contribution in [0.15, 0.2) is 29.7 Å². The van der Waals surface area contributed by atoms with Crippen LogP contribution in [0.2, 0.25) is 0 Å². The Morgan fingerprint density at radius 2 is 2.14 bits per heavy atom. The van der Waals surface area contributed by atoms with Crippen LogP contribution >= 0.6 is 0 Å². The lowest BCUT2D eigenvalue weighted by Gasteiger charge is -2.32. The van der Waals surface area contributed by atoms with Crippen molar-refractivity contribution in [2.75, 3.05) is 0 Å². The number of rotatable bonds is 4. The summed E-state index contributed by atoms with van der Waals surface area (Å²) in [5.41, 5.74) is 0.804. The third kappa shape index (κ3) is 2.15. The molecular formula is C16H22N2O3. The first-order valence-corrected chi connectivity index (χ1v) is 7.45. The van der Waals surface area contributed by atoms with Crippen molar-refractivity contribution >= 4 is 5.71 Å². The molecule has 0 unspecified atom stereocenters. The molecule has 0 spiro atoms. The number of hydrogen-bond acceptors (Lipinski definition) is 5. The van der Waals surface area contributed by atoms with E-state index in [1.807, 2.05) is 19.1 Å². The molecule has 2 saturated heterocycles. The normalized spacial score (nSPS) is 36.8. The summed E-state index contributed by atoms with van der Waals surface area (Å²) in [5.74, 6) is 0.250. The largest absolute Gasteiger partial charge is 0.411 e. The minimum Gasteiger partial charge on any atom is -0.411 e. The van der Waals surface area contributed by atoms with Gasteiger partial charge in [-0.3, -0.25) is 4.98 Å². The molecule has 0 radical (unpaired) electrons. The van der Waals surface area contributed by atoms with Crippen LogP contribution in [0.3, 0.4) is 0 Å². The number of pyridine rings is 1. The van der Waals surface area contributed by atoms with E-state index in [1.165, 1.54) is 0 Å². The molecule has 2 aliphatic heterocycles. The zero-order valence-electron chi connectivity index (χ0n) is 12.7. The Balaban J connectivity index is 1.82. The molecule has 0 saturated carbocycles. The first kappa shape index (κ1) is 14.5. The van der Waals surface area contributed by atoms with Crippen molar-refractivity contribution < 1.29 is 14.7 Å². The third-order valence-corrected chi connectivity index (χ3v) is 4.85. The Kier molecular flexibility index (Phi) is 3.50. The zero-order chi connectivity index (χ0) is 15.1. The van der Waals surface area contributed by atoms with Crippen LogP contribution in [0.25, 0.3) is 0 Å². The Bertz CT molecular complexity index is 546. The van der Waals surface area contributed by atoms with Gasteiger partial charge >= 0.3 is 0 Å². The summed E-state index contributed by atoms with van der Waals surface area (Å²) in [6.07, 6.45) is 5.00. The van der Waals surface area contributed by atoms with E-state index in [2.05, 4.69) is 24.0 Å². The summed E-state index contributed by atoms with van der Waals surface area (Å²) in [4.78, 5) is 4.00. The van der Waals surface area contributed by atoms with Gasteiger partial charge in [0.15, 0.2) is 0 Å². The molecule has 0 amide bonds. The molecule has 3 rings (SSSR count). The second-order valence-corrected chi connectivity index (χ2v) is 6.49. The van der Waals surface area contributed by atoms with Crippen molar-refractivity contribution in [3.8, 4) is 0 Å². The van der Waals surface area contributed by atoms with Crippen LogP contribution < -0.4 is 0 Å². The second kappa shape index (κ2) is 5.07. The lowest BCUT2D eigenvalue weighted by molar-refractivity contribution is -0.0959. The second-order valence-electron chi connectivity index (χ2n) is 6.49. The van der Waals surface area contributed by atoms with Crippen molar-refractivity contribution in [1.29, 1.82) is 0 Å². The molecule has 2 aliphatic rings. The number of nitrogens with zero attached hydrogens (tertiary/aromatic N) is 2. The topological polar surface area (TPSA) is 63.9 Å². The molecule has 2 bridgehead atoms. The Labute approximate surface area is 125 Å². The first-order chi connectivity index (χ1) is 10.0. The van der Waals surface area contributed by atoms with Crippen LogP contribution in [0.5, 0.6) is 0 Å². The quantitative estimate of drug-likeness (QED) is 0.684. The molecule has 3 heterocycles. The summed E-state index contributed by atoms with van der Waals surface area (Å²) in [6, 6.07) is 3.84. The summed E-state index contributed by atoms with van der Waals surface area (Å²) in [5, 5.41) is 13.1. The fraction of sp³-hybridized carbons (Fsp3) is 0.625. The minimum absolute atomic E-state index is 0.250. The third-order valence-electron chi connectivity index (χ3n) is 4.85. The highest BCUT2D eigenvalue weighted by atomic mass is 16.6. The summed E-state index contributed by atoms with van der Waals surface area (Å²) < 4.78 is 12.3. The maximum atomic E-state index is 9.50. The predicted octanol–water partition coefficient (Wildman–Crippen LogP) is 2.77. The number of oxime groups is 1. The molecule has 0 aliphatic carbocycles. The lowest BCUT2D eigenvalue weighted by Crippen LogP contribution is -2.48. The van der Waals surface area contributed by atoms with Gasteiger partial charge in [-0.1, -0.05) is 19.0 Å². The Hall–Kier alpha value is -1.46. The van der Waals surface area contributed by atoms with Crippen LogP contribution in [0, 0.1) is 5.92 Å². The fourth-order valence-corrected chi connectivity index (χ4v) is 3.58. The van der Waals surface area contributed by atoms with Gasteiger partial charge in [-0.25, -0.2) is 0 Å². The molecular weight excluding hydrogens is 268 g/mol. The minimum atomic E-state index is -0.480. The van der Waals surface area contributed by atoms with Crippen molar-refractivity contribution in [2.24, 2.45) is 11.1 Å². The van der Waals surface area contributed by atoms with Crippen molar-refractivity contribution in [3.05, 3.63) is 30.1 Å². The highest BCUT2D eigenvalue weighted by Crippen LogP contribution is 2.53. The molecule has 1 aromatic heterocycles. The van der Waals surface area contributed by atoms with E-state index in [0.29, 0.717) is 12.3 Å². The van der Waals surface area contributed by atoms with E-state index >= 15 is 0 Å². The van der Waals surface area contributed by atoms with Gasteiger partial charge in [-0.2, -0.15) is 0 Å². The number of hydrogen-bond donors (Lipinski definition) is 1. The van der Waals surface area contributed by atoms with Crippen LogP contribution in [-0.2, 0) is 16.1 Å². The average Bonchev–Trinajstić information content (AvgIpc) is 2.96. The SMILES string of the molecule is CC(C)[C@]12CC[C@](C)(O1)[C@H](OCc1ccncc1)/C2=N\O. The monoisotopic (exact) mass is 290 g/mol. The summed E-state index contributed by atoms with van der Waals surface area (Å²) >= 11 is 0. The van der Waals surface area contributed by atoms with E-state index in [0.717, 1.165) is 18.4 Å². The molecule has 3 atom stereocenters. The van der Waals surface area contributed by atoms with Gasteiger partial charge in [0.1, 0.15) is 17.4 Å². The number of fused-ring (bicyclic) bond motifs is 2. The van der Waals surface area contributed by atoms with Crippen LogP contribution in [0.1, 0.15) is 39.2 Å². The van der Waals surface area contributed by atoms with Gasteiger partial charge in [0.2, 0.25) is 0 Å². The highest BCUT2D eigenvalue weighted by molar-refractivity contribution is 6.00. The average molecular weight is 290 g/mol. The van der Waals surface area contributed by atoms with Crippen LogP contribution in [0.4, 0.5) is 0 Å². The first-order valence-electron chi connectivity index (χ1n) is 7.45. The zero-order valence-corrected chi connectivity index (χ0v) is 12.7.